The van der Waals surface area contributed by atoms with Crippen LogP contribution in [-0.4, -0.2) is 56.2 Å². The second kappa shape index (κ2) is 10.2. The molecule has 2 N–H and O–H groups in total. The molecule has 1 fully saturated rings. The molecule has 1 aliphatic rings. The van der Waals surface area contributed by atoms with Crippen molar-refractivity contribution < 1.29 is 19.1 Å². The average molecular weight is 418 g/mol. The average Bonchev–Trinajstić information content (AvgIpc) is 2.71. The summed E-state index contributed by atoms with van der Waals surface area (Å²) in [4.78, 5) is 26.2. The molecule has 0 bridgehead atoms. The van der Waals surface area contributed by atoms with Crippen LogP contribution in [0.25, 0.3) is 0 Å². The van der Waals surface area contributed by atoms with Crippen LogP contribution in [-0.2, 0) is 14.3 Å². The summed E-state index contributed by atoms with van der Waals surface area (Å²) in [6.07, 6.45) is 0. The number of nitrogens with one attached hydrogen (secondary N) is 2. The molecule has 2 aromatic rings. The van der Waals surface area contributed by atoms with Gasteiger partial charge in [0.2, 0.25) is 5.91 Å². The number of rotatable bonds is 7. The molecule has 1 saturated heterocycles. The van der Waals surface area contributed by atoms with E-state index in [4.69, 9.17) is 21.1 Å². The lowest BCUT2D eigenvalue weighted by Crippen LogP contribution is -2.41. The smallest absolute Gasteiger partial charge is 0.262 e. The van der Waals surface area contributed by atoms with E-state index in [0.717, 1.165) is 18.7 Å². The third kappa shape index (κ3) is 6.74. The minimum Gasteiger partial charge on any atom is -0.484 e. The molecule has 0 saturated carbocycles. The van der Waals surface area contributed by atoms with Crippen LogP contribution in [0.5, 0.6) is 5.75 Å². The monoisotopic (exact) mass is 417 g/mol. The number of aryl methyl sites for hydroxylation is 1. The first-order valence-electron chi connectivity index (χ1n) is 9.38. The SMILES string of the molecule is Cc1cc(OCC(=O)Nc2ccc(NC(=O)CN3CCOCC3)cc2)ccc1Cl. The summed E-state index contributed by atoms with van der Waals surface area (Å²) in [7, 11) is 0. The minimum absolute atomic E-state index is 0.0738. The Hall–Kier alpha value is -2.61. The summed E-state index contributed by atoms with van der Waals surface area (Å²) in [6, 6.07) is 12.2. The Kier molecular flexibility index (Phi) is 7.46. The first kappa shape index (κ1) is 21.1. The van der Waals surface area contributed by atoms with Crippen LogP contribution >= 0.6 is 11.6 Å². The highest BCUT2D eigenvalue weighted by Gasteiger charge is 2.14. The third-order valence-corrected chi connectivity index (χ3v) is 4.85. The Balaban J connectivity index is 1.43. The predicted octanol–water partition coefficient (Wildman–Crippen LogP) is 2.94. The van der Waals surface area contributed by atoms with Gasteiger partial charge in [0.05, 0.1) is 19.8 Å². The number of benzene rings is 2. The fraction of sp³-hybridized carbons (Fsp3) is 0.333. The summed E-state index contributed by atoms with van der Waals surface area (Å²) in [5, 5.41) is 6.27. The highest BCUT2D eigenvalue weighted by atomic mass is 35.5. The normalized spacial score (nSPS) is 14.3. The molecule has 7 nitrogen and oxygen atoms in total. The Morgan fingerprint density at radius 1 is 1.03 bits per heavy atom. The number of hydrogen-bond acceptors (Lipinski definition) is 5. The van der Waals surface area contributed by atoms with E-state index in [1.165, 1.54) is 0 Å². The standard InChI is InChI=1S/C21H24ClN3O4/c1-15-12-18(6-7-19(15)22)29-14-21(27)24-17-4-2-16(3-5-17)23-20(26)13-25-8-10-28-11-9-25/h2-7,12H,8-11,13-14H2,1H3,(H,23,26)(H,24,27). The number of ether oxygens (including phenoxy) is 2. The summed E-state index contributed by atoms with van der Waals surface area (Å²) in [5.74, 6) is 0.234. The first-order chi connectivity index (χ1) is 14.0. The van der Waals surface area contributed by atoms with Crippen LogP contribution in [0.1, 0.15) is 5.56 Å². The number of nitrogens with zero attached hydrogens (tertiary/aromatic N) is 1. The van der Waals surface area contributed by atoms with Crippen molar-refractivity contribution in [3.63, 3.8) is 0 Å². The zero-order chi connectivity index (χ0) is 20.6. The number of carbonyl (C=O) groups excluding carboxylic acids is 2. The quantitative estimate of drug-likeness (QED) is 0.724. The summed E-state index contributed by atoms with van der Waals surface area (Å²) in [5.41, 5.74) is 2.18. The van der Waals surface area contributed by atoms with Crippen molar-refractivity contribution in [3.8, 4) is 5.75 Å². The van der Waals surface area contributed by atoms with Gasteiger partial charge < -0.3 is 20.1 Å². The van der Waals surface area contributed by atoms with E-state index < -0.39 is 0 Å². The first-order valence-corrected chi connectivity index (χ1v) is 9.76. The lowest BCUT2D eigenvalue weighted by Gasteiger charge is -2.25. The van der Waals surface area contributed by atoms with Crippen LogP contribution < -0.4 is 15.4 Å². The molecule has 0 unspecified atom stereocenters. The number of morpholine rings is 1. The number of hydrogen-bond donors (Lipinski definition) is 2. The lowest BCUT2D eigenvalue weighted by atomic mass is 10.2. The Morgan fingerprint density at radius 2 is 1.66 bits per heavy atom. The molecule has 154 valence electrons. The fourth-order valence-corrected chi connectivity index (χ4v) is 2.97. The van der Waals surface area contributed by atoms with E-state index >= 15 is 0 Å². The molecule has 3 rings (SSSR count). The molecular weight excluding hydrogens is 394 g/mol. The fourth-order valence-electron chi connectivity index (χ4n) is 2.85. The largest absolute Gasteiger partial charge is 0.484 e. The van der Waals surface area contributed by atoms with Crippen molar-refractivity contribution >= 4 is 34.8 Å². The van der Waals surface area contributed by atoms with E-state index in [0.29, 0.717) is 41.9 Å². The predicted molar refractivity (Wildman–Crippen MR) is 113 cm³/mol. The molecule has 8 heteroatoms. The van der Waals surface area contributed by atoms with Crippen molar-refractivity contribution in [2.45, 2.75) is 6.92 Å². The Morgan fingerprint density at radius 3 is 2.28 bits per heavy atom. The van der Waals surface area contributed by atoms with Gasteiger partial charge in [0, 0.05) is 29.5 Å². The van der Waals surface area contributed by atoms with Crippen molar-refractivity contribution in [2.75, 3.05) is 50.1 Å². The van der Waals surface area contributed by atoms with E-state index in [-0.39, 0.29) is 18.4 Å². The van der Waals surface area contributed by atoms with Crippen molar-refractivity contribution in [1.82, 2.24) is 4.90 Å². The number of halogens is 1. The van der Waals surface area contributed by atoms with Gasteiger partial charge in [-0.05, 0) is 55.0 Å². The van der Waals surface area contributed by atoms with Crippen molar-refractivity contribution in [2.24, 2.45) is 0 Å². The molecule has 0 spiro atoms. The molecule has 29 heavy (non-hydrogen) atoms. The molecule has 2 aromatic carbocycles. The second-order valence-corrected chi connectivity index (χ2v) is 7.17. The van der Waals surface area contributed by atoms with Gasteiger partial charge in [-0.3, -0.25) is 14.5 Å². The van der Waals surface area contributed by atoms with Gasteiger partial charge in [0.1, 0.15) is 5.75 Å². The van der Waals surface area contributed by atoms with Gasteiger partial charge in [0.15, 0.2) is 6.61 Å². The van der Waals surface area contributed by atoms with Crippen molar-refractivity contribution in [1.29, 1.82) is 0 Å². The summed E-state index contributed by atoms with van der Waals surface area (Å²) >= 11 is 5.98. The topological polar surface area (TPSA) is 79.9 Å². The summed E-state index contributed by atoms with van der Waals surface area (Å²) < 4.78 is 10.8. The van der Waals surface area contributed by atoms with E-state index in [1.54, 1.807) is 42.5 Å². The molecule has 0 radical (unpaired) electrons. The van der Waals surface area contributed by atoms with E-state index in [2.05, 4.69) is 15.5 Å². The third-order valence-electron chi connectivity index (χ3n) is 4.42. The summed E-state index contributed by atoms with van der Waals surface area (Å²) in [6.45, 7) is 4.93. The highest BCUT2D eigenvalue weighted by Crippen LogP contribution is 2.21. The van der Waals surface area contributed by atoms with Crippen molar-refractivity contribution in [3.05, 3.63) is 53.1 Å². The van der Waals surface area contributed by atoms with E-state index in [9.17, 15) is 9.59 Å². The maximum Gasteiger partial charge on any atom is 0.262 e. The molecular formula is C21H24ClN3O4. The molecule has 0 atom stereocenters. The van der Waals surface area contributed by atoms with Crippen LogP contribution in [0.2, 0.25) is 5.02 Å². The number of carbonyl (C=O) groups is 2. The van der Waals surface area contributed by atoms with Gasteiger partial charge in [0.25, 0.3) is 5.91 Å². The van der Waals surface area contributed by atoms with Gasteiger partial charge in [-0.15, -0.1) is 0 Å². The van der Waals surface area contributed by atoms with Gasteiger partial charge >= 0.3 is 0 Å². The Labute approximate surface area is 174 Å². The lowest BCUT2D eigenvalue weighted by molar-refractivity contribution is -0.119. The van der Waals surface area contributed by atoms with Crippen LogP contribution in [0.3, 0.4) is 0 Å². The number of anilines is 2. The Bertz CT molecular complexity index is 852. The van der Waals surface area contributed by atoms with Crippen LogP contribution in [0.4, 0.5) is 11.4 Å². The highest BCUT2D eigenvalue weighted by molar-refractivity contribution is 6.31. The van der Waals surface area contributed by atoms with Gasteiger partial charge in [-0.25, -0.2) is 0 Å². The molecule has 1 heterocycles. The number of amides is 2. The zero-order valence-electron chi connectivity index (χ0n) is 16.2. The maximum atomic E-state index is 12.1. The van der Waals surface area contributed by atoms with E-state index in [1.807, 2.05) is 6.92 Å². The van der Waals surface area contributed by atoms with Gasteiger partial charge in [-0.1, -0.05) is 11.6 Å². The molecule has 0 aromatic heterocycles. The zero-order valence-corrected chi connectivity index (χ0v) is 17.0. The molecule has 2 amide bonds. The minimum atomic E-state index is -0.276. The van der Waals surface area contributed by atoms with Crippen LogP contribution in [0, 0.1) is 6.92 Å². The van der Waals surface area contributed by atoms with Crippen LogP contribution in [0.15, 0.2) is 42.5 Å². The second-order valence-electron chi connectivity index (χ2n) is 6.76. The molecule has 0 aliphatic carbocycles. The molecule has 1 aliphatic heterocycles. The van der Waals surface area contributed by atoms with Gasteiger partial charge in [-0.2, -0.15) is 0 Å². The maximum absolute atomic E-state index is 12.1.